The van der Waals surface area contributed by atoms with Crippen LogP contribution < -0.4 is 4.46 Å². The molecule has 2 aliphatic rings. The fraction of sp³-hybridized carbons (Fsp3) is 0.562. The number of carbonyl (C=O) groups excluding carboxylic acids is 1. The summed E-state index contributed by atoms with van der Waals surface area (Å²) < 4.78 is 12.5. The first-order chi connectivity index (χ1) is 9.52. The topological polar surface area (TPSA) is 35.5 Å². The van der Waals surface area contributed by atoms with Crippen LogP contribution in [0.15, 0.2) is 30.3 Å². The third kappa shape index (κ3) is 2.52. The van der Waals surface area contributed by atoms with E-state index in [1.807, 2.05) is 32.0 Å². The summed E-state index contributed by atoms with van der Waals surface area (Å²) in [4.78, 5) is 12.7. The molecule has 4 heteroatoms. The maximum atomic E-state index is 12.7. The molecule has 0 radical (unpaired) electrons. The van der Waals surface area contributed by atoms with Gasteiger partial charge in [-0.15, -0.1) is 0 Å². The summed E-state index contributed by atoms with van der Waals surface area (Å²) in [7, 11) is 0. The number of benzene rings is 1. The molecular formula is C16H20O3Se. The van der Waals surface area contributed by atoms with E-state index in [4.69, 9.17) is 9.47 Å². The molecule has 0 aromatic heterocycles. The normalized spacial score (nSPS) is 32.3. The molecule has 0 spiro atoms. The molecule has 108 valence electrons. The third-order valence-corrected chi connectivity index (χ3v) is 7.10. The summed E-state index contributed by atoms with van der Waals surface area (Å²) in [5, 5.41) is 0. The fourth-order valence-electron chi connectivity index (χ4n) is 3.03. The number of rotatable bonds is 2. The number of ether oxygens (including phenoxy) is 2. The van der Waals surface area contributed by atoms with Gasteiger partial charge in [0.1, 0.15) is 0 Å². The van der Waals surface area contributed by atoms with Crippen LogP contribution in [0.4, 0.5) is 0 Å². The van der Waals surface area contributed by atoms with Crippen molar-refractivity contribution in [3.05, 3.63) is 30.3 Å². The fourth-order valence-corrected chi connectivity index (χ4v) is 5.93. The van der Waals surface area contributed by atoms with Crippen LogP contribution in [0.25, 0.3) is 0 Å². The molecule has 1 heterocycles. The van der Waals surface area contributed by atoms with Crippen LogP contribution in [0.3, 0.4) is 0 Å². The zero-order valence-electron chi connectivity index (χ0n) is 11.9. The van der Waals surface area contributed by atoms with Crippen molar-refractivity contribution in [3.63, 3.8) is 0 Å². The molecule has 1 saturated carbocycles. The first-order valence-corrected chi connectivity index (χ1v) is 8.88. The van der Waals surface area contributed by atoms with Crippen LogP contribution in [0.1, 0.15) is 39.5 Å². The van der Waals surface area contributed by atoms with E-state index in [0.29, 0.717) is 0 Å². The van der Waals surface area contributed by atoms with Crippen LogP contribution in [0, 0.1) is 0 Å². The van der Waals surface area contributed by atoms with Gasteiger partial charge in [-0.2, -0.15) is 0 Å². The number of hydrogen-bond donors (Lipinski definition) is 0. The molecule has 2 fully saturated rings. The second-order valence-corrected chi connectivity index (χ2v) is 8.89. The Bertz CT molecular complexity index is 500. The Morgan fingerprint density at radius 2 is 1.95 bits per heavy atom. The van der Waals surface area contributed by atoms with Crippen LogP contribution in [0.5, 0.6) is 0 Å². The van der Waals surface area contributed by atoms with E-state index in [1.165, 1.54) is 4.46 Å². The average molecular weight is 339 g/mol. The van der Waals surface area contributed by atoms with Crippen molar-refractivity contribution in [2.45, 2.75) is 55.7 Å². The van der Waals surface area contributed by atoms with Crippen molar-refractivity contribution in [1.29, 1.82) is 0 Å². The Morgan fingerprint density at radius 3 is 2.70 bits per heavy atom. The van der Waals surface area contributed by atoms with Crippen molar-refractivity contribution in [2.24, 2.45) is 0 Å². The van der Waals surface area contributed by atoms with Crippen molar-refractivity contribution >= 4 is 25.4 Å². The van der Waals surface area contributed by atoms with Crippen molar-refractivity contribution in [1.82, 2.24) is 0 Å². The van der Waals surface area contributed by atoms with Crippen LogP contribution >= 0.6 is 0 Å². The van der Waals surface area contributed by atoms with Gasteiger partial charge < -0.3 is 0 Å². The minimum atomic E-state index is -0.782. The van der Waals surface area contributed by atoms with E-state index < -0.39 is 10.1 Å². The summed E-state index contributed by atoms with van der Waals surface area (Å²) in [5.74, 6) is -0.836. The van der Waals surface area contributed by atoms with Crippen LogP contribution in [-0.4, -0.2) is 32.8 Å². The molecule has 20 heavy (non-hydrogen) atoms. The third-order valence-electron chi connectivity index (χ3n) is 3.94. The minimum absolute atomic E-state index is 0.00714. The molecule has 0 bridgehead atoms. The van der Waals surface area contributed by atoms with E-state index in [0.717, 1.165) is 25.7 Å². The van der Waals surface area contributed by atoms with E-state index in [2.05, 4.69) is 12.1 Å². The summed E-state index contributed by atoms with van der Waals surface area (Å²) in [6, 6.07) is 10.3. The second kappa shape index (κ2) is 5.18. The molecule has 0 amide bonds. The predicted molar refractivity (Wildman–Crippen MR) is 78.0 cm³/mol. The van der Waals surface area contributed by atoms with Crippen LogP contribution in [0.2, 0.25) is 4.31 Å². The average Bonchev–Trinajstić information content (AvgIpc) is 2.40. The maximum absolute atomic E-state index is 12.7. The van der Waals surface area contributed by atoms with Crippen LogP contribution in [-0.2, 0) is 14.3 Å². The Kier molecular flexibility index (Phi) is 3.65. The summed E-state index contributed by atoms with van der Waals surface area (Å²) >= 11 is 0.0485. The van der Waals surface area contributed by atoms with E-state index in [9.17, 15) is 4.79 Å². The van der Waals surface area contributed by atoms with Gasteiger partial charge in [0, 0.05) is 0 Å². The monoisotopic (exact) mass is 340 g/mol. The van der Waals surface area contributed by atoms with Gasteiger partial charge in [0.15, 0.2) is 0 Å². The van der Waals surface area contributed by atoms with Gasteiger partial charge in [0.05, 0.1) is 0 Å². The van der Waals surface area contributed by atoms with Gasteiger partial charge in [-0.3, -0.25) is 0 Å². The van der Waals surface area contributed by atoms with Crippen molar-refractivity contribution < 1.29 is 14.3 Å². The molecule has 1 saturated heterocycles. The predicted octanol–water partition coefficient (Wildman–Crippen LogP) is 2.43. The molecule has 1 aromatic carbocycles. The van der Waals surface area contributed by atoms with Gasteiger partial charge >= 0.3 is 126 Å². The van der Waals surface area contributed by atoms with Gasteiger partial charge in [0.25, 0.3) is 0 Å². The van der Waals surface area contributed by atoms with E-state index >= 15 is 0 Å². The zero-order chi connectivity index (χ0) is 14.2. The zero-order valence-corrected chi connectivity index (χ0v) is 13.6. The molecule has 0 N–H and O–H groups in total. The van der Waals surface area contributed by atoms with Gasteiger partial charge in [-0.1, -0.05) is 0 Å². The number of carbonyl (C=O) groups is 1. The summed E-state index contributed by atoms with van der Waals surface area (Å²) in [6.07, 6.45) is 4.09. The molecule has 2 atom stereocenters. The standard InChI is InChI=1S/C16H20O3Se/c1-15(2)18-13-10-6-7-11-16(13,14(17)19-15)20-12-8-4-3-5-9-12/h3-5,8-9,13H,6-7,10-11H2,1-2H3. The molecule has 1 aliphatic carbocycles. The Morgan fingerprint density at radius 1 is 1.20 bits per heavy atom. The number of hydrogen-bond acceptors (Lipinski definition) is 3. The van der Waals surface area contributed by atoms with E-state index in [-0.39, 0.29) is 27.0 Å². The molecule has 1 aliphatic heterocycles. The SMILES string of the molecule is CC1(C)OC(=O)C2([Se]c3ccccc3)CCCCC2O1. The number of cyclic esters (lactones) is 1. The first-order valence-electron chi connectivity index (χ1n) is 7.17. The molecule has 3 rings (SSSR count). The molecule has 2 unspecified atom stereocenters. The Balaban J connectivity index is 1.92. The Hall–Kier alpha value is -0.831. The van der Waals surface area contributed by atoms with Gasteiger partial charge in [-0.25, -0.2) is 0 Å². The first kappa shape index (κ1) is 14.1. The number of esters is 1. The molecular weight excluding hydrogens is 319 g/mol. The van der Waals surface area contributed by atoms with Gasteiger partial charge in [-0.05, 0) is 0 Å². The quantitative estimate of drug-likeness (QED) is 0.613. The second-order valence-electron chi connectivity index (χ2n) is 5.95. The van der Waals surface area contributed by atoms with Crippen molar-refractivity contribution in [2.75, 3.05) is 0 Å². The molecule has 3 nitrogen and oxygen atoms in total. The van der Waals surface area contributed by atoms with E-state index in [1.54, 1.807) is 0 Å². The number of fused-ring (bicyclic) bond motifs is 1. The molecule has 1 aromatic rings. The van der Waals surface area contributed by atoms with Gasteiger partial charge in [0.2, 0.25) is 0 Å². The summed E-state index contributed by atoms with van der Waals surface area (Å²) in [5.41, 5.74) is 0. The Labute approximate surface area is 126 Å². The summed E-state index contributed by atoms with van der Waals surface area (Å²) in [6.45, 7) is 3.66. The van der Waals surface area contributed by atoms with Crippen molar-refractivity contribution in [3.8, 4) is 0 Å².